The first-order valence-electron chi connectivity index (χ1n) is 10.2. The summed E-state index contributed by atoms with van der Waals surface area (Å²) in [6.07, 6.45) is 1.69. The lowest BCUT2D eigenvalue weighted by Gasteiger charge is -2.28. The van der Waals surface area contributed by atoms with Gasteiger partial charge in [0.15, 0.2) is 11.6 Å². The first kappa shape index (κ1) is 19.0. The van der Waals surface area contributed by atoms with Gasteiger partial charge in [-0.15, -0.1) is 0 Å². The minimum absolute atomic E-state index is 0.136. The van der Waals surface area contributed by atoms with E-state index in [1.165, 1.54) is 6.07 Å². The number of nitrogens with zero attached hydrogens (tertiary/aromatic N) is 3. The average Bonchev–Trinajstić information content (AvgIpc) is 3.29. The van der Waals surface area contributed by atoms with Gasteiger partial charge in [0.05, 0.1) is 11.4 Å². The molecule has 3 heterocycles. The highest BCUT2D eigenvalue weighted by Crippen LogP contribution is 2.52. The molecule has 1 aliphatic heterocycles. The Morgan fingerprint density at radius 3 is 2.53 bits per heavy atom. The monoisotopic (exact) mass is 442 g/mol. The quantitative estimate of drug-likeness (QED) is 0.443. The van der Waals surface area contributed by atoms with Crippen LogP contribution in [0.5, 0.6) is 0 Å². The van der Waals surface area contributed by atoms with Gasteiger partial charge in [0.1, 0.15) is 11.6 Å². The van der Waals surface area contributed by atoms with Crippen LogP contribution in [0.25, 0.3) is 11.5 Å². The van der Waals surface area contributed by atoms with Gasteiger partial charge in [-0.05, 0) is 31.2 Å². The topological polar surface area (TPSA) is 59.8 Å². The summed E-state index contributed by atoms with van der Waals surface area (Å²) < 4.78 is 16.9. The van der Waals surface area contributed by atoms with Crippen LogP contribution >= 0.6 is 11.6 Å². The number of anilines is 1. The molecule has 0 radical (unpaired) electrons. The van der Waals surface area contributed by atoms with Crippen molar-refractivity contribution in [1.82, 2.24) is 14.8 Å². The SMILES string of the molecule is Cc1nn(-c2ccccn2)c2c1C(c1c(F)cccc1Cl)C1=C(N2)c2ccccc2C1=O. The summed E-state index contributed by atoms with van der Waals surface area (Å²) in [4.78, 5) is 18.0. The summed E-state index contributed by atoms with van der Waals surface area (Å²) in [5, 5.41) is 8.39. The van der Waals surface area contributed by atoms with Crippen LogP contribution in [0.2, 0.25) is 5.02 Å². The molecular weight excluding hydrogens is 427 g/mol. The Bertz CT molecular complexity index is 1440. The largest absolute Gasteiger partial charge is 0.339 e. The standard InChI is InChI=1S/C25H16ClFN4O/c1-13-19-21(20-16(26)9-6-10-17(20)27)22-23(14-7-2-3-8-15(14)24(22)32)29-25(19)31(30-13)18-11-4-5-12-28-18/h2-12,21,29H,1H3. The molecule has 2 aliphatic rings. The van der Waals surface area contributed by atoms with E-state index in [9.17, 15) is 4.79 Å². The predicted octanol–water partition coefficient (Wildman–Crippen LogP) is 5.53. The molecule has 0 fully saturated rings. The minimum Gasteiger partial charge on any atom is -0.339 e. The fraction of sp³-hybridized carbons (Fsp3) is 0.0800. The van der Waals surface area contributed by atoms with Crippen molar-refractivity contribution in [2.75, 3.05) is 5.32 Å². The van der Waals surface area contributed by atoms with E-state index in [1.54, 1.807) is 29.1 Å². The molecule has 2 aromatic carbocycles. The predicted molar refractivity (Wildman–Crippen MR) is 121 cm³/mol. The van der Waals surface area contributed by atoms with Crippen molar-refractivity contribution < 1.29 is 9.18 Å². The number of Topliss-reactive ketones (excluding diaryl/α,β-unsaturated/α-hetero) is 1. The number of allylic oxidation sites excluding steroid dienone is 1. The highest BCUT2D eigenvalue weighted by Gasteiger charge is 2.44. The van der Waals surface area contributed by atoms with Crippen LogP contribution < -0.4 is 5.32 Å². The highest BCUT2D eigenvalue weighted by molar-refractivity contribution is 6.32. The Kier molecular flexibility index (Phi) is 4.07. The molecule has 5 nitrogen and oxygen atoms in total. The number of aryl methyl sites for hydroxylation is 1. The number of ketones is 1. The van der Waals surface area contributed by atoms with E-state index in [0.29, 0.717) is 39.7 Å². The van der Waals surface area contributed by atoms with E-state index in [0.717, 1.165) is 5.56 Å². The van der Waals surface area contributed by atoms with E-state index in [-0.39, 0.29) is 16.4 Å². The van der Waals surface area contributed by atoms with Crippen LogP contribution in [0.15, 0.2) is 72.4 Å². The maximum atomic E-state index is 15.2. The van der Waals surface area contributed by atoms with Crippen LogP contribution in [0.4, 0.5) is 10.2 Å². The molecule has 0 spiro atoms. The lowest BCUT2D eigenvalue weighted by Crippen LogP contribution is -2.21. The minimum atomic E-state index is -0.702. The van der Waals surface area contributed by atoms with Gasteiger partial charge in [-0.2, -0.15) is 9.78 Å². The number of hydrogen-bond donors (Lipinski definition) is 1. The van der Waals surface area contributed by atoms with Gasteiger partial charge in [-0.1, -0.05) is 48.0 Å². The molecule has 32 heavy (non-hydrogen) atoms. The number of aromatic nitrogens is 3. The number of pyridine rings is 1. The molecule has 0 bridgehead atoms. The second-order valence-corrected chi connectivity index (χ2v) is 8.21. The summed E-state index contributed by atoms with van der Waals surface area (Å²) in [7, 11) is 0. The molecule has 2 aromatic heterocycles. The molecule has 1 unspecified atom stereocenters. The van der Waals surface area contributed by atoms with Gasteiger partial charge in [0, 0.05) is 45.0 Å². The summed E-state index contributed by atoms with van der Waals surface area (Å²) >= 11 is 6.52. The zero-order valence-electron chi connectivity index (χ0n) is 16.9. The van der Waals surface area contributed by atoms with E-state index < -0.39 is 11.7 Å². The van der Waals surface area contributed by atoms with E-state index in [1.807, 2.05) is 43.3 Å². The molecule has 0 saturated carbocycles. The second-order valence-electron chi connectivity index (χ2n) is 7.80. The number of hydrogen-bond acceptors (Lipinski definition) is 4. The van der Waals surface area contributed by atoms with Crippen molar-refractivity contribution in [2.45, 2.75) is 12.8 Å². The summed E-state index contributed by atoms with van der Waals surface area (Å²) in [6, 6.07) is 17.5. The van der Waals surface area contributed by atoms with E-state index >= 15 is 4.39 Å². The van der Waals surface area contributed by atoms with Crippen molar-refractivity contribution in [2.24, 2.45) is 0 Å². The highest BCUT2D eigenvalue weighted by atomic mass is 35.5. The van der Waals surface area contributed by atoms with Crippen LogP contribution in [-0.2, 0) is 0 Å². The Morgan fingerprint density at radius 1 is 1.00 bits per heavy atom. The summed E-state index contributed by atoms with van der Waals surface area (Å²) in [5.74, 6) is -0.0375. The number of nitrogens with one attached hydrogen (secondary N) is 1. The second kappa shape index (κ2) is 6.87. The normalized spacial score (nSPS) is 16.5. The van der Waals surface area contributed by atoms with Crippen molar-refractivity contribution in [3.63, 3.8) is 0 Å². The number of carbonyl (C=O) groups is 1. The van der Waals surface area contributed by atoms with Gasteiger partial charge >= 0.3 is 0 Å². The Hall–Kier alpha value is -3.77. The molecule has 1 N–H and O–H groups in total. The third-order valence-electron chi connectivity index (χ3n) is 6.04. The third-order valence-corrected chi connectivity index (χ3v) is 6.37. The van der Waals surface area contributed by atoms with Crippen LogP contribution in [0.1, 0.15) is 38.7 Å². The van der Waals surface area contributed by atoms with Gasteiger partial charge < -0.3 is 5.32 Å². The fourth-order valence-electron chi connectivity index (χ4n) is 4.70. The number of benzene rings is 2. The molecule has 7 heteroatoms. The first-order chi connectivity index (χ1) is 15.6. The lowest BCUT2D eigenvalue weighted by atomic mass is 9.80. The molecule has 1 atom stereocenters. The van der Waals surface area contributed by atoms with Gasteiger partial charge in [-0.25, -0.2) is 9.37 Å². The molecule has 1 aliphatic carbocycles. The van der Waals surface area contributed by atoms with Crippen molar-refractivity contribution in [1.29, 1.82) is 0 Å². The molecule has 0 amide bonds. The molecule has 156 valence electrons. The van der Waals surface area contributed by atoms with Crippen molar-refractivity contribution in [3.8, 4) is 5.82 Å². The zero-order valence-corrected chi connectivity index (χ0v) is 17.7. The number of rotatable bonds is 2. The maximum absolute atomic E-state index is 15.2. The first-order valence-corrected chi connectivity index (χ1v) is 10.5. The van der Waals surface area contributed by atoms with Crippen molar-refractivity contribution in [3.05, 3.63) is 111 Å². The molecule has 0 saturated heterocycles. The molecule has 6 rings (SSSR count). The Labute approximate surface area is 188 Å². The summed E-state index contributed by atoms with van der Waals surface area (Å²) in [5.41, 5.74) is 4.15. The number of halogens is 2. The van der Waals surface area contributed by atoms with Gasteiger partial charge in [0.25, 0.3) is 0 Å². The lowest BCUT2D eigenvalue weighted by molar-refractivity contribution is 0.103. The number of carbonyl (C=O) groups excluding carboxylic acids is 1. The molecular formula is C25H16ClFN4O. The van der Waals surface area contributed by atoms with Crippen LogP contribution in [-0.4, -0.2) is 20.5 Å². The summed E-state index contributed by atoms with van der Waals surface area (Å²) in [6.45, 7) is 1.85. The van der Waals surface area contributed by atoms with E-state index in [4.69, 9.17) is 16.7 Å². The Balaban J connectivity index is 1.68. The van der Waals surface area contributed by atoms with Gasteiger partial charge in [-0.3, -0.25) is 4.79 Å². The smallest absolute Gasteiger partial charge is 0.192 e. The average molecular weight is 443 g/mol. The number of fused-ring (bicyclic) bond motifs is 3. The molecule has 4 aromatic rings. The van der Waals surface area contributed by atoms with Crippen molar-refractivity contribution >= 4 is 28.9 Å². The van der Waals surface area contributed by atoms with Gasteiger partial charge in [0.2, 0.25) is 0 Å². The van der Waals surface area contributed by atoms with E-state index in [2.05, 4.69) is 10.3 Å². The maximum Gasteiger partial charge on any atom is 0.192 e. The third kappa shape index (κ3) is 2.53. The fourth-order valence-corrected chi connectivity index (χ4v) is 4.97. The zero-order chi connectivity index (χ0) is 22.0. The van der Waals surface area contributed by atoms with Crippen LogP contribution in [0, 0.1) is 12.7 Å². The van der Waals surface area contributed by atoms with Crippen LogP contribution in [0.3, 0.4) is 0 Å². The Morgan fingerprint density at radius 2 is 1.78 bits per heavy atom.